The molecule has 0 spiro atoms. The van der Waals surface area contributed by atoms with Crippen LogP contribution in [-0.4, -0.2) is 30.1 Å². The average molecular weight is 221 g/mol. The maximum Gasteiger partial charge on any atom is 0.263 e. The van der Waals surface area contributed by atoms with E-state index in [2.05, 4.69) is 0 Å². The van der Waals surface area contributed by atoms with Gasteiger partial charge in [-0.1, -0.05) is 0 Å². The number of rotatable bonds is 2. The van der Waals surface area contributed by atoms with Crippen LogP contribution in [0.5, 0.6) is 5.75 Å². The van der Waals surface area contributed by atoms with Crippen molar-refractivity contribution in [2.45, 2.75) is 12.5 Å². The first-order valence-corrected chi connectivity index (χ1v) is 4.82. The zero-order valence-corrected chi connectivity index (χ0v) is 8.71. The largest absolute Gasteiger partial charge is 0.497 e. The number of imide groups is 1. The molecule has 0 aliphatic carbocycles. The lowest BCUT2D eigenvalue weighted by Gasteiger charge is -2.14. The van der Waals surface area contributed by atoms with Gasteiger partial charge in [0.2, 0.25) is 5.91 Å². The highest BCUT2D eigenvalue weighted by Crippen LogP contribution is 2.24. The molecule has 0 bridgehead atoms. The van der Waals surface area contributed by atoms with Crippen LogP contribution in [0.4, 0.5) is 5.69 Å². The third-order valence-electron chi connectivity index (χ3n) is 2.45. The first-order chi connectivity index (χ1) is 7.63. The maximum absolute atomic E-state index is 11.5. The van der Waals surface area contributed by atoms with Crippen LogP contribution in [0.3, 0.4) is 0 Å². The Morgan fingerprint density at radius 2 is 1.94 bits per heavy atom. The van der Waals surface area contributed by atoms with Gasteiger partial charge in [0.25, 0.3) is 5.91 Å². The van der Waals surface area contributed by atoms with Crippen LogP contribution >= 0.6 is 0 Å². The Balaban J connectivity index is 2.30. The monoisotopic (exact) mass is 221 g/mol. The summed E-state index contributed by atoms with van der Waals surface area (Å²) < 4.78 is 4.97. The molecule has 0 radical (unpaired) electrons. The molecule has 2 rings (SSSR count). The van der Waals surface area contributed by atoms with Crippen molar-refractivity contribution < 1.29 is 19.4 Å². The SMILES string of the molecule is COc1ccc(N2C(=O)CC(O)C2=O)cc1. The van der Waals surface area contributed by atoms with Crippen molar-refractivity contribution in [3.05, 3.63) is 24.3 Å². The summed E-state index contributed by atoms with van der Waals surface area (Å²) in [5.41, 5.74) is 0.451. The summed E-state index contributed by atoms with van der Waals surface area (Å²) in [6.07, 6.45) is -1.36. The zero-order chi connectivity index (χ0) is 11.7. The Kier molecular flexibility index (Phi) is 2.62. The Labute approximate surface area is 92.2 Å². The number of anilines is 1. The molecule has 1 aliphatic rings. The number of methoxy groups -OCH3 is 1. The third kappa shape index (κ3) is 1.65. The molecule has 16 heavy (non-hydrogen) atoms. The van der Waals surface area contributed by atoms with Gasteiger partial charge in [-0.15, -0.1) is 0 Å². The van der Waals surface area contributed by atoms with Gasteiger partial charge in [-0.25, -0.2) is 4.90 Å². The van der Waals surface area contributed by atoms with E-state index in [1.165, 1.54) is 7.11 Å². The van der Waals surface area contributed by atoms with E-state index in [9.17, 15) is 14.7 Å². The van der Waals surface area contributed by atoms with E-state index in [1.807, 2.05) is 0 Å². The van der Waals surface area contributed by atoms with Crippen LogP contribution < -0.4 is 9.64 Å². The first-order valence-electron chi connectivity index (χ1n) is 4.82. The fourth-order valence-corrected chi connectivity index (χ4v) is 1.62. The molecule has 1 saturated heterocycles. The smallest absolute Gasteiger partial charge is 0.263 e. The minimum atomic E-state index is -1.21. The number of hydrogen-bond donors (Lipinski definition) is 1. The molecule has 84 valence electrons. The Hall–Kier alpha value is -1.88. The topological polar surface area (TPSA) is 66.8 Å². The number of carbonyl (C=O) groups is 2. The fraction of sp³-hybridized carbons (Fsp3) is 0.273. The van der Waals surface area contributed by atoms with E-state index in [0.717, 1.165) is 4.90 Å². The van der Waals surface area contributed by atoms with Crippen LogP contribution in [-0.2, 0) is 9.59 Å². The van der Waals surface area contributed by atoms with Gasteiger partial charge in [-0.05, 0) is 24.3 Å². The van der Waals surface area contributed by atoms with Gasteiger partial charge < -0.3 is 9.84 Å². The standard InChI is InChI=1S/C11H11NO4/c1-16-8-4-2-7(3-5-8)12-10(14)6-9(13)11(12)15/h2-5,9,13H,6H2,1H3. The summed E-state index contributed by atoms with van der Waals surface area (Å²) >= 11 is 0. The normalized spacial score (nSPS) is 20.4. The molecule has 1 unspecified atom stereocenters. The van der Waals surface area contributed by atoms with Crippen LogP contribution in [0.15, 0.2) is 24.3 Å². The maximum atomic E-state index is 11.5. The van der Waals surface area contributed by atoms with Crippen molar-refractivity contribution >= 4 is 17.5 Å². The number of amides is 2. The molecule has 1 heterocycles. The lowest BCUT2D eigenvalue weighted by Crippen LogP contribution is -2.31. The summed E-state index contributed by atoms with van der Waals surface area (Å²) in [6.45, 7) is 0. The molecule has 1 atom stereocenters. The van der Waals surface area contributed by atoms with Gasteiger partial charge in [0.15, 0.2) is 0 Å². The molecule has 5 nitrogen and oxygen atoms in total. The lowest BCUT2D eigenvalue weighted by molar-refractivity contribution is -0.124. The highest BCUT2D eigenvalue weighted by molar-refractivity contribution is 6.21. The van der Waals surface area contributed by atoms with E-state index in [-0.39, 0.29) is 12.3 Å². The molecule has 2 amide bonds. The van der Waals surface area contributed by atoms with Gasteiger partial charge in [0.1, 0.15) is 11.9 Å². The molecule has 0 saturated carbocycles. The number of benzene rings is 1. The molecule has 1 N–H and O–H groups in total. The van der Waals surface area contributed by atoms with Crippen molar-refractivity contribution in [3.8, 4) is 5.75 Å². The van der Waals surface area contributed by atoms with E-state index < -0.39 is 12.0 Å². The zero-order valence-electron chi connectivity index (χ0n) is 8.71. The first kappa shape index (κ1) is 10.6. The van der Waals surface area contributed by atoms with Crippen molar-refractivity contribution in [1.82, 2.24) is 0 Å². The average Bonchev–Trinajstić information content (AvgIpc) is 2.54. The van der Waals surface area contributed by atoms with Crippen molar-refractivity contribution in [3.63, 3.8) is 0 Å². The number of ether oxygens (including phenoxy) is 1. The molecular formula is C11H11NO4. The lowest BCUT2D eigenvalue weighted by atomic mass is 10.3. The van der Waals surface area contributed by atoms with Gasteiger partial charge in [0.05, 0.1) is 19.2 Å². The molecular weight excluding hydrogens is 210 g/mol. The van der Waals surface area contributed by atoms with Crippen LogP contribution in [0, 0.1) is 0 Å². The predicted molar refractivity (Wildman–Crippen MR) is 56.1 cm³/mol. The van der Waals surface area contributed by atoms with Crippen molar-refractivity contribution in [1.29, 1.82) is 0 Å². The molecule has 0 aromatic heterocycles. The summed E-state index contributed by atoms with van der Waals surface area (Å²) in [4.78, 5) is 23.9. The van der Waals surface area contributed by atoms with E-state index in [4.69, 9.17) is 4.74 Å². The minimum Gasteiger partial charge on any atom is -0.497 e. The summed E-state index contributed by atoms with van der Waals surface area (Å²) in [5.74, 6) is -0.318. The number of hydrogen-bond acceptors (Lipinski definition) is 4. The highest BCUT2D eigenvalue weighted by atomic mass is 16.5. The fourth-order valence-electron chi connectivity index (χ4n) is 1.62. The van der Waals surface area contributed by atoms with Crippen LogP contribution in [0.25, 0.3) is 0 Å². The van der Waals surface area contributed by atoms with Gasteiger partial charge in [-0.2, -0.15) is 0 Å². The number of aliphatic hydroxyl groups is 1. The van der Waals surface area contributed by atoms with E-state index in [1.54, 1.807) is 24.3 Å². The van der Waals surface area contributed by atoms with Gasteiger partial charge in [0, 0.05) is 0 Å². The summed E-state index contributed by atoms with van der Waals surface area (Å²) in [5, 5.41) is 9.26. The second-order valence-corrected chi connectivity index (χ2v) is 3.49. The van der Waals surface area contributed by atoms with Crippen LogP contribution in [0.1, 0.15) is 6.42 Å². The van der Waals surface area contributed by atoms with Crippen molar-refractivity contribution in [2.75, 3.05) is 12.0 Å². The number of aliphatic hydroxyl groups excluding tert-OH is 1. The summed E-state index contributed by atoms with van der Waals surface area (Å²) in [6, 6.07) is 6.51. The molecule has 1 aromatic rings. The second kappa shape index (κ2) is 3.94. The van der Waals surface area contributed by atoms with Crippen LogP contribution in [0.2, 0.25) is 0 Å². The predicted octanol–water partition coefficient (Wildman–Crippen LogP) is 0.319. The van der Waals surface area contributed by atoms with Crippen molar-refractivity contribution in [2.24, 2.45) is 0 Å². The Morgan fingerprint density at radius 3 is 2.38 bits per heavy atom. The number of carbonyl (C=O) groups excluding carboxylic acids is 2. The highest BCUT2D eigenvalue weighted by Gasteiger charge is 2.38. The second-order valence-electron chi connectivity index (χ2n) is 3.49. The Bertz CT molecular complexity index is 426. The minimum absolute atomic E-state index is 0.148. The Morgan fingerprint density at radius 1 is 1.31 bits per heavy atom. The number of nitrogens with zero attached hydrogens (tertiary/aromatic N) is 1. The van der Waals surface area contributed by atoms with E-state index >= 15 is 0 Å². The van der Waals surface area contributed by atoms with Gasteiger partial charge >= 0.3 is 0 Å². The van der Waals surface area contributed by atoms with E-state index in [0.29, 0.717) is 11.4 Å². The summed E-state index contributed by atoms with van der Waals surface area (Å²) in [7, 11) is 1.53. The quantitative estimate of drug-likeness (QED) is 0.730. The van der Waals surface area contributed by atoms with Gasteiger partial charge in [-0.3, -0.25) is 9.59 Å². The molecule has 5 heteroatoms. The third-order valence-corrected chi connectivity index (χ3v) is 2.45. The molecule has 1 fully saturated rings. The molecule has 1 aromatic carbocycles. The molecule has 1 aliphatic heterocycles.